The quantitative estimate of drug-likeness (QED) is 0.701. The molecule has 0 spiro atoms. The van der Waals surface area contributed by atoms with Crippen LogP contribution >= 0.6 is 11.3 Å². The fourth-order valence-electron chi connectivity index (χ4n) is 2.38. The van der Waals surface area contributed by atoms with Crippen molar-refractivity contribution in [3.8, 4) is 5.75 Å². The molecule has 0 aliphatic heterocycles. The van der Waals surface area contributed by atoms with Crippen LogP contribution in [0.3, 0.4) is 0 Å². The van der Waals surface area contributed by atoms with Crippen LogP contribution in [0, 0.1) is 5.92 Å². The maximum Gasteiger partial charge on any atom is 0.308 e. The van der Waals surface area contributed by atoms with Crippen molar-refractivity contribution in [1.82, 2.24) is 10.3 Å². The molecule has 0 saturated carbocycles. The number of thiazole rings is 1. The molecule has 6 nitrogen and oxygen atoms in total. The summed E-state index contributed by atoms with van der Waals surface area (Å²) in [5.74, 6) is -0.913. The molecule has 1 unspecified atom stereocenters. The zero-order chi connectivity index (χ0) is 19.1. The number of nitrogens with zero attached hydrogens (tertiary/aromatic N) is 1. The third-order valence-corrected chi connectivity index (χ3v) is 5.11. The molecule has 0 fully saturated rings. The molecule has 0 aliphatic rings. The Morgan fingerprint density at radius 3 is 2.50 bits per heavy atom. The van der Waals surface area contributed by atoms with Gasteiger partial charge in [0.2, 0.25) is 0 Å². The number of rotatable bonds is 9. The first kappa shape index (κ1) is 19.9. The van der Waals surface area contributed by atoms with E-state index in [1.54, 1.807) is 0 Å². The molecule has 2 N–H and O–H groups in total. The average Bonchev–Trinajstić information content (AvgIpc) is 3.10. The average molecular weight is 376 g/mol. The van der Waals surface area contributed by atoms with Crippen molar-refractivity contribution in [2.45, 2.75) is 33.1 Å². The molecular weight excluding hydrogens is 352 g/mol. The maximum absolute atomic E-state index is 12.2. The number of ether oxygens (including phenoxy) is 1. The van der Waals surface area contributed by atoms with Gasteiger partial charge >= 0.3 is 5.97 Å². The zero-order valence-corrected chi connectivity index (χ0v) is 16.0. The van der Waals surface area contributed by atoms with E-state index in [1.165, 1.54) is 17.5 Å². The number of aliphatic carboxylic acids is 1. The van der Waals surface area contributed by atoms with Gasteiger partial charge in [0.15, 0.2) is 0 Å². The van der Waals surface area contributed by atoms with Gasteiger partial charge in [0.25, 0.3) is 5.91 Å². The van der Waals surface area contributed by atoms with Crippen LogP contribution < -0.4 is 10.1 Å². The SMILES string of the molecule is CCOc1ccc(CC(CNC(=O)c2cnc(C(C)C)s2)C(=O)O)cc1. The van der Waals surface area contributed by atoms with Crippen molar-refractivity contribution >= 4 is 23.2 Å². The van der Waals surface area contributed by atoms with Crippen molar-refractivity contribution in [2.75, 3.05) is 13.2 Å². The smallest absolute Gasteiger partial charge is 0.308 e. The van der Waals surface area contributed by atoms with Crippen molar-refractivity contribution in [3.63, 3.8) is 0 Å². The largest absolute Gasteiger partial charge is 0.494 e. The Hall–Kier alpha value is -2.41. The van der Waals surface area contributed by atoms with Gasteiger partial charge in [0.05, 0.1) is 23.7 Å². The molecule has 0 bridgehead atoms. The van der Waals surface area contributed by atoms with Gasteiger partial charge in [-0.05, 0) is 31.0 Å². The van der Waals surface area contributed by atoms with Gasteiger partial charge < -0.3 is 15.2 Å². The molecule has 2 rings (SSSR count). The van der Waals surface area contributed by atoms with Gasteiger partial charge in [-0.15, -0.1) is 11.3 Å². The summed E-state index contributed by atoms with van der Waals surface area (Å²) in [4.78, 5) is 28.5. The molecule has 7 heteroatoms. The van der Waals surface area contributed by atoms with Gasteiger partial charge in [0.1, 0.15) is 10.6 Å². The van der Waals surface area contributed by atoms with E-state index < -0.39 is 11.9 Å². The molecule has 1 aromatic carbocycles. The van der Waals surface area contributed by atoms with E-state index in [9.17, 15) is 14.7 Å². The molecule has 140 valence electrons. The number of carboxylic acid groups (broad SMARTS) is 1. The summed E-state index contributed by atoms with van der Waals surface area (Å²) in [6.07, 6.45) is 1.87. The number of hydrogen-bond acceptors (Lipinski definition) is 5. The zero-order valence-electron chi connectivity index (χ0n) is 15.2. The van der Waals surface area contributed by atoms with E-state index in [4.69, 9.17) is 4.74 Å². The number of nitrogens with one attached hydrogen (secondary N) is 1. The fraction of sp³-hybridized carbons (Fsp3) is 0.421. The summed E-state index contributed by atoms with van der Waals surface area (Å²) < 4.78 is 5.38. The Kier molecular flexibility index (Phi) is 7.15. The lowest BCUT2D eigenvalue weighted by atomic mass is 9.99. The number of carbonyl (C=O) groups excluding carboxylic acids is 1. The standard InChI is InChI=1S/C19H24N2O4S/c1-4-25-15-7-5-13(6-8-15)9-14(19(23)24)10-20-17(22)16-11-21-18(26-16)12(2)3/h5-8,11-12,14H,4,9-10H2,1-3H3,(H,20,22)(H,23,24). The summed E-state index contributed by atoms with van der Waals surface area (Å²) >= 11 is 1.33. The topological polar surface area (TPSA) is 88.5 Å². The third-order valence-electron chi connectivity index (χ3n) is 3.82. The number of hydrogen-bond donors (Lipinski definition) is 2. The van der Waals surface area contributed by atoms with Gasteiger partial charge in [-0.1, -0.05) is 26.0 Å². The molecular formula is C19H24N2O4S. The predicted octanol–water partition coefficient (Wildman–Crippen LogP) is 3.34. The van der Waals surface area contributed by atoms with E-state index in [0.717, 1.165) is 16.3 Å². The second-order valence-corrected chi connectivity index (χ2v) is 7.31. The Morgan fingerprint density at radius 2 is 1.96 bits per heavy atom. The van der Waals surface area contributed by atoms with Crippen molar-refractivity contribution < 1.29 is 19.4 Å². The Bertz CT molecular complexity index is 740. The van der Waals surface area contributed by atoms with E-state index in [-0.39, 0.29) is 18.4 Å². The van der Waals surface area contributed by atoms with Gasteiger partial charge in [0, 0.05) is 12.5 Å². The van der Waals surface area contributed by atoms with Crippen LogP contribution in [0.25, 0.3) is 0 Å². The number of carboxylic acids is 1. The second-order valence-electron chi connectivity index (χ2n) is 6.24. The summed E-state index contributed by atoms with van der Waals surface area (Å²) in [6.45, 7) is 6.58. The maximum atomic E-state index is 12.2. The van der Waals surface area contributed by atoms with E-state index in [2.05, 4.69) is 10.3 Å². The lowest BCUT2D eigenvalue weighted by Gasteiger charge is -2.13. The van der Waals surface area contributed by atoms with Crippen molar-refractivity contribution in [3.05, 3.63) is 45.9 Å². The Morgan fingerprint density at radius 1 is 1.27 bits per heavy atom. The first-order valence-electron chi connectivity index (χ1n) is 8.59. The summed E-state index contributed by atoms with van der Waals surface area (Å²) in [5, 5.41) is 13.0. The lowest BCUT2D eigenvalue weighted by molar-refractivity contribution is -0.141. The van der Waals surface area contributed by atoms with E-state index >= 15 is 0 Å². The van der Waals surface area contributed by atoms with Crippen molar-refractivity contribution in [1.29, 1.82) is 0 Å². The van der Waals surface area contributed by atoms with Gasteiger partial charge in [-0.2, -0.15) is 0 Å². The lowest BCUT2D eigenvalue weighted by Crippen LogP contribution is -2.33. The van der Waals surface area contributed by atoms with Crippen LogP contribution in [-0.4, -0.2) is 35.1 Å². The molecule has 1 heterocycles. The highest BCUT2D eigenvalue weighted by molar-refractivity contribution is 7.13. The normalized spacial score (nSPS) is 12.0. The van der Waals surface area contributed by atoms with Gasteiger partial charge in [-0.3, -0.25) is 9.59 Å². The summed E-state index contributed by atoms with van der Waals surface area (Å²) in [6, 6.07) is 7.34. The third kappa shape index (κ3) is 5.56. The first-order valence-corrected chi connectivity index (χ1v) is 9.40. The molecule has 0 radical (unpaired) electrons. The van der Waals surface area contributed by atoms with Crippen LogP contribution in [-0.2, 0) is 11.2 Å². The van der Waals surface area contributed by atoms with Gasteiger partial charge in [-0.25, -0.2) is 4.98 Å². The minimum absolute atomic E-state index is 0.0658. The Balaban J connectivity index is 1.94. The highest BCUT2D eigenvalue weighted by Crippen LogP contribution is 2.21. The Labute approximate surface area is 157 Å². The molecule has 26 heavy (non-hydrogen) atoms. The van der Waals surface area contributed by atoms with E-state index in [1.807, 2.05) is 45.0 Å². The second kappa shape index (κ2) is 9.33. The van der Waals surface area contributed by atoms with Crippen LogP contribution in [0.15, 0.2) is 30.5 Å². The molecule has 2 aromatic rings. The highest BCUT2D eigenvalue weighted by atomic mass is 32.1. The van der Waals surface area contributed by atoms with Crippen LogP contribution in [0.4, 0.5) is 0 Å². The molecule has 1 atom stereocenters. The van der Waals surface area contributed by atoms with Crippen LogP contribution in [0.5, 0.6) is 5.75 Å². The molecule has 0 saturated heterocycles. The molecule has 1 amide bonds. The van der Waals surface area contributed by atoms with Crippen LogP contribution in [0.2, 0.25) is 0 Å². The van der Waals surface area contributed by atoms with Crippen molar-refractivity contribution in [2.24, 2.45) is 5.92 Å². The number of benzene rings is 1. The fourth-order valence-corrected chi connectivity index (χ4v) is 3.22. The summed E-state index contributed by atoms with van der Waals surface area (Å²) in [5.41, 5.74) is 0.884. The minimum Gasteiger partial charge on any atom is -0.494 e. The highest BCUT2D eigenvalue weighted by Gasteiger charge is 2.20. The monoisotopic (exact) mass is 376 g/mol. The number of amides is 1. The predicted molar refractivity (Wildman–Crippen MR) is 101 cm³/mol. The number of aromatic nitrogens is 1. The summed E-state index contributed by atoms with van der Waals surface area (Å²) in [7, 11) is 0. The minimum atomic E-state index is -0.939. The first-order chi connectivity index (χ1) is 12.4. The number of carbonyl (C=O) groups is 2. The van der Waals surface area contributed by atoms with Crippen LogP contribution in [0.1, 0.15) is 46.9 Å². The molecule has 1 aromatic heterocycles. The van der Waals surface area contributed by atoms with E-state index in [0.29, 0.717) is 17.9 Å². The molecule has 0 aliphatic carbocycles.